The van der Waals surface area contributed by atoms with Gasteiger partial charge in [-0.15, -0.1) is 0 Å². The molecule has 1 saturated heterocycles. The Hall–Kier alpha value is -1.44. The number of nitrogens with zero attached hydrogens (tertiary/aromatic N) is 1. The SMILES string of the molecule is CCCCC(CN)NC(=O)c1cccc(S(=O)(=O)N2CCCCCC2)c1. The number of carbonyl (C=O) groups is 1. The van der Waals surface area contributed by atoms with Gasteiger partial charge in [-0.25, -0.2) is 8.42 Å². The zero-order valence-corrected chi connectivity index (χ0v) is 16.4. The Balaban J connectivity index is 2.14. The quantitative estimate of drug-likeness (QED) is 0.723. The van der Waals surface area contributed by atoms with Crippen LogP contribution in [0.25, 0.3) is 0 Å². The molecule has 26 heavy (non-hydrogen) atoms. The Labute approximate surface area is 157 Å². The van der Waals surface area contributed by atoms with Crippen molar-refractivity contribution in [3.8, 4) is 0 Å². The van der Waals surface area contributed by atoms with Crippen LogP contribution in [0.3, 0.4) is 0 Å². The van der Waals surface area contributed by atoms with Gasteiger partial charge in [0, 0.05) is 31.2 Å². The van der Waals surface area contributed by atoms with Crippen LogP contribution in [0.15, 0.2) is 29.2 Å². The third kappa shape index (κ3) is 5.53. The lowest BCUT2D eigenvalue weighted by Gasteiger charge is -2.20. The van der Waals surface area contributed by atoms with E-state index in [4.69, 9.17) is 5.73 Å². The predicted octanol–water partition coefficient (Wildman–Crippen LogP) is 2.50. The highest BCUT2D eigenvalue weighted by Gasteiger charge is 2.26. The zero-order chi connectivity index (χ0) is 19.0. The average Bonchev–Trinajstić information content (AvgIpc) is 2.95. The highest BCUT2D eigenvalue weighted by molar-refractivity contribution is 7.89. The van der Waals surface area contributed by atoms with E-state index in [2.05, 4.69) is 12.2 Å². The molecular formula is C19H31N3O3S. The van der Waals surface area contributed by atoms with Crippen molar-refractivity contribution in [2.75, 3.05) is 19.6 Å². The molecule has 0 bridgehead atoms. The number of rotatable bonds is 8. The highest BCUT2D eigenvalue weighted by atomic mass is 32.2. The minimum Gasteiger partial charge on any atom is -0.348 e. The molecule has 7 heteroatoms. The van der Waals surface area contributed by atoms with E-state index in [-0.39, 0.29) is 16.8 Å². The summed E-state index contributed by atoms with van der Waals surface area (Å²) < 4.78 is 27.4. The predicted molar refractivity (Wildman–Crippen MR) is 104 cm³/mol. The first-order valence-corrected chi connectivity index (χ1v) is 11.0. The molecule has 1 aromatic carbocycles. The van der Waals surface area contributed by atoms with Crippen molar-refractivity contribution in [3.63, 3.8) is 0 Å². The van der Waals surface area contributed by atoms with Gasteiger partial charge >= 0.3 is 0 Å². The second-order valence-electron chi connectivity index (χ2n) is 6.89. The van der Waals surface area contributed by atoms with E-state index in [1.54, 1.807) is 22.5 Å². The molecule has 2 rings (SSSR count). The van der Waals surface area contributed by atoms with E-state index in [1.165, 1.54) is 6.07 Å². The molecule has 0 aromatic heterocycles. The van der Waals surface area contributed by atoms with Gasteiger partial charge in [-0.2, -0.15) is 4.31 Å². The fraction of sp³-hybridized carbons (Fsp3) is 0.632. The first-order chi connectivity index (χ1) is 12.5. The Morgan fingerprint density at radius 2 is 1.92 bits per heavy atom. The molecule has 1 amide bonds. The average molecular weight is 382 g/mol. The summed E-state index contributed by atoms with van der Waals surface area (Å²) in [6.45, 7) is 3.56. The summed E-state index contributed by atoms with van der Waals surface area (Å²) in [4.78, 5) is 12.7. The summed E-state index contributed by atoms with van der Waals surface area (Å²) >= 11 is 0. The van der Waals surface area contributed by atoms with Gasteiger partial charge in [-0.1, -0.05) is 38.7 Å². The third-order valence-corrected chi connectivity index (χ3v) is 6.72. The lowest BCUT2D eigenvalue weighted by atomic mass is 10.1. The van der Waals surface area contributed by atoms with Crippen LogP contribution in [-0.2, 0) is 10.0 Å². The normalized spacial score (nSPS) is 17.5. The van der Waals surface area contributed by atoms with Crippen molar-refractivity contribution < 1.29 is 13.2 Å². The Bertz CT molecular complexity index is 683. The molecule has 1 aliphatic heterocycles. The Kier molecular flexibility index (Phi) is 8.06. The monoisotopic (exact) mass is 381 g/mol. The van der Waals surface area contributed by atoms with Crippen LogP contribution < -0.4 is 11.1 Å². The van der Waals surface area contributed by atoms with Crippen LogP contribution in [0.1, 0.15) is 62.2 Å². The molecule has 1 heterocycles. The lowest BCUT2D eigenvalue weighted by Crippen LogP contribution is -2.40. The van der Waals surface area contributed by atoms with Crippen LogP contribution >= 0.6 is 0 Å². The maximum atomic E-state index is 12.9. The van der Waals surface area contributed by atoms with Gasteiger partial charge in [0.1, 0.15) is 0 Å². The maximum Gasteiger partial charge on any atom is 0.251 e. The van der Waals surface area contributed by atoms with Crippen molar-refractivity contribution in [2.24, 2.45) is 5.73 Å². The number of amides is 1. The van der Waals surface area contributed by atoms with Gasteiger partial charge in [0.15, 0.2) is 0 Å². The van der Waals surface area contributed by atoms with Crippen LogP contribution in [0.2, 0.25) is 0 Å². The second kappa shape index (κ2) is 10.0. The van der Waals surface area contributed by atoms with E-state index in [0.29, 0.717) is 25.2 Å². The number of unbranched alkanes of at least 4 members (excludes halogenated alkanes) is 1. The van der Waals surface area contributed by atoms with Gasteiger partial charge in [-0.05, 0) is 37.5 Å². The van der Waals surface area contributed by atoms with Crippen LogP contribution in [0.4, 0.5) is 0 Å². The lowest BCUT2D eigenvalue weighted by molar-refractivity contribution is 0.0935. The van der Waals surface area contributed by atoms with Gasteiger partial charge in [0.05, 0.1) is 4.90 Å². The molecule has 6 nitrogen and oxygen atoms in total. The van der Waals surface area contributed by atoms with Crippen molar-refractivity contribution >= 4 is 15.9 Å². The number of carbonyl (C=O) groups excluding carboxylic acids is 1. The zero-order valence-electron chi connectivity index (χ0n) is 15.6. The van der Waals surface area contributed by atoms with Gasteiger partial charge in [-0.3, -0.25) is 4.79 Å². The summed E-state index contributed by atoms with van der Waals surface area (Å²) in [6.07, 6.45) is 6.75. The minimum atomic E-state index is -3.56. The standard InChI is InChI=1S/C19H31N3O3S/c1-2-3-10-17(15-20)21-19(23)16-9-8-11-18(14-16)26(24,25)22-12-6-4-5-7-13-22/h8-9,11,14,17H,2-7,10,12-13,15,20H2,1H3,(H,21,23). The molecule has 0 radical (unpaired) electrons. The van der Waals surface area contributed by atoms with E-state index in [1.807, 2.05) is 0 Å². The summed E-state index contributed by atoms with van der Waals surface area (Å²) in [7, 11) is -3.56. The van der Waals surface area contributed by atoms with Gasteiger partial charge in [0.25, 0.3) is 5.91 Å². The molecule has 0 spiro atoms. The Morgan fingerprint density at radius 3 is 2.54 bits per heavy atom. The van der Waals surface area contributed by atoms with E-state index in [9.17, 15) is 13.2 Å². The van der Waals surface area contributed by atoms with Gasteiger partial charge < -0.3 is 11.1 Å². The summed E-state index contributed by atoms with van der Waals surface area (Å²) in [5.74, 6) is -0.274. The maximum absolute atomic E-state index is 12.9. The van der Waals surface area contributed by atoms with Crippen molar-refractivity contribution in [1.82, 2.24) is 9.62 Å². The molecule has 1 unspecified atom stereocenters. The first kappa shape index (κ1) is 20.9. The molecule has 0 saturated carbocycles. The molecule has 0 aliphatic carbocycles. The molecule has 3 N–H and O–H groups in total. The number of hydrogen-bond donors (Lipinski definition) is 2. The summed E-state index contributed by atoms with van der Waals surface area (Å²) in [6, 6.07) is 6.22. The van der Waals surface area contributed by atoms with Crippen molar-refractivity contribution in [2.45, 2.75) is 62.8 Å². The van der Waals surface area contributed by atoms with Crippen molar-refractivity contribution in [3.05, 3.63) is 29.8 Å². The van der Waals surface area contributed by atoms with Crippen LogP contribution in [0.5, 0.6) is 0 Å². The number of nitrogens with one attached hydrogen (secondary N) is 1. The topological polar surface area (TPSA) is 92.5 Å². The highest BCUT2D eigenvalue weighted by Crippen LogP contribution is 2.21. The number of hydrogen-bond acceptors (Lipinski definition) is 4. The minimum absolute atomic E-state index is 0.0895. The van der Waals surface area contributed by atoms with Crippen LogP contribution in [0, 0.1) is 0 Å². The first-order valence-electron chi connectivity index (χ1n) is 9.60. The Morgan fingerprint density at radius 1 is 1.23 bits per heavy atom. The molecule has 1 fully saturated rings. The molecule has 1 aliphatic rings. The number of nitrogens with two attached hydrogens (primary N) is 1. The fourth-order valence-electron chi connectivity index (χ4n) is 3.20. The molecular weight excluding hydrogens is 350 g/mol. The van der Waals surface area contributed by atoms with E-state index in [0.717, 1.165) is 44.9 Å². The third-order valence-electron chi connectivity index (χ3n) is 4.82. The molecule has 1 atom stereocenters. The smallest absolute Gasteiger partial charge is 0.251 e. The largest absolute Gasteiger partial charge is 0.348 e. The summed E-state index contributed by atoms with van der Waals surface area (Å²) in [5.41, 5.74) is 6.09. The van der Waals surface area contributed by atoms with E-state index >= 15 is 0 Å². The van der Waals surface area contributed by atoms with Gasteiger partial charge in [0.2, 0.25) is 10.0 Å². The fourth-order valence-corrected chi connectivity index (χ4v) is 4.76. The molecule has 1 aromatic rings. The van der Waals surface area contributed by atoms with Crippen LogP contribution in [-0.4, -0.2) is 44.3 Å². The molecule has 146 valence electrons. The van der Waals surface area contributed by atoms with E-state index < -0.39 is 10.0 Å². The second-order valence-corrected chi connectivity index (χ2v) is 8.83. The van der Waals surface area contributed by atoms with Crippen molar-refractivity contribution in [1.29, 1.82) is 0 Å². The number of sulfonamides is 1. The number of benzene rings is 1. The summed E-state index contributed by atoms with van der Waals surface area (Å²) in [5, 5.41) is 2.91.